The van der Waals surface area contributed by atoms with E-state index in [4.69, 9.17) is 0 Å². The van der Waals surface area contributed by atoms with Crippen LogP contribution in [0.4, 0.5) is 34.1 Å². The zero-order valence-electron chi connectivity index (χ0n) is 45.6. The Labute approximate surface area is 431 Å². The second kappa shape index (κ2) is 14.7. The lowest BCUT2D eigenvalue weighted by Crippen LogP contribution is -2.61. The van der Waals surface area contributed by atoms with E-state index in [9.17, 15) is 0 Å². The van der Waals surface area contributed by atoms with Crippen molar-refractivity contribution >= 4 is 74.0 Å². The lowest BCUT2D eigenvalue weighted by atomic mass is 9.35. The van der Waals surface area contributed by atoms with Crippen molar-refractivity contribution in [1.82, 2.24) is 0 Å². The third-order valence-corrected chi connectivity index (χ3v) is 21.6. The molecular formula is C67H77BN2S. The van der Waals surface area contributed by atoms with Gasteiger partial charge in [-0.2, -0.15) is 11.3 Å². The zero-order chi connectivity index (χ0) is 49.7. The fourth-order valence-corrected chi connectivity index (χ4v) is 17.1. The molecule has 0 amide bonds. The number of thiophene rings is 1. The minimum absolute atomic E-state index is 0.0550. The maximum absolute atomic E-state index is 2.83. The van der Waals surface area contributed by atoms with E-state index in [0.717, 1.165) is 6.42 Å². The van der Waals surface area contributed by atoms with Gasteiger partial charge in [0.2, 0.25) is 0 Å². The van der Waals surface area contributed by atoms with Crippen LogP contribution in [0, 0.1) is 16.7 Å². The molecule has 0 radical (unpaired) electrons. The van der Waals surface area contributed by atoms with Crippen molar-refractivity contribution in [2.75, 3.05) is 9.80 Å². The quantitative estimate of drug-likeness (QED) is 0.162. The Kier molecular flexibility index (Phi) is 9.53. The molecule has 6 aromatic rings. The molecule has 0 spiro atoms. The smallest absolute Gasteiger partial charge is 0.264 e. The van der Waals surface area contributed by atoms with Gasteiger partial charge < -0.3 is 9.80 Å². The molecule has 4 heteroatoms. The van der Waals surface area contributed by atoms with E-state index >= 15 is 0 Å². The molecule has 2 fully saturated rings. The van der Waals surface area contributed by atoms with Crippen molar-refractivity contribution in [3.63, 3.8) is 0 Å². The molecule has 0 N–H and O–H groups in total. The molecule has 7 aliphatic rings. The first kappa shape index (κ1) is 46.0. The van der Waals surface area contributed by atoms with Gasteiger partial charge in [0.15, 0.2) is 0 Å². The van der Waals surface area contributed by atoms with Gasteiger partial charge in [-0.1, -0.05) is 157 Å². The second-order valence-electron chi connectivity index (χ2n) is 28.0. The van der Waals surface area contributed by atoms with Crippen molar-refractivity contribution in [2.24, 2.45) is 16.7 Å². The highest BCUT2D eigenvalue weighted by Crippen LogP contribution is 2.70. The molecule has 3 heterocycles. The molecule has 1 aromatic heterocycles. The average Bonchev–Trinajstić information content (AvgIpc) is 3.94. The summed E-state index contributed by atoms with van der Waals surface area (Å²) >= 11 is 2.18. The summed E-state index contributed by atoms with van der Waals surface area (Å²) in [7, 11) is 0. The molecule has 5 aliphatic carbocycles. The minimum atomic E-state index is -0.104. The van der Waals surface area contributed by atoms with E-state index in [2.05, 4.69) is 215 Å². The molecule has 13 rings (SSSR count). The van der Waals surface area contributed by atoms with Gasteiger partial charge in [-0.3, -0.25) is 0 Å². The monoisotopic (exact) mass is 953 g/mol. The maximum Gasteiger partial charge on any atom is 0.264 e. The van der Waals surface area contributed by atoms with Crippen LogP contribution in [-0.4, -0.2) is 6.71 Å². The molecule has 3 atom stereocenters. The largest absolute Gasteiger partial charge is 0.311 e. The van der Waals surface area contributed by atoms with Gasteiger partial charge in [0.25, 0.3) is 6.71 Å². The first-order valence-corrected chi connectivity index (χ1v) is 28.4. The summed E-state index contributed by atoms with van der Waals surface area (Å²) in [5.41, 5.74) is 26.7. The number of benzene rings is 5. The summed E-state index contributed by atoms with van der Waals surface area (Å²) in [5.74, 6) is 0.631. The van der Waals surface area contributed by atoms with Gasteiger partial charge in [0.05, 0.1) is 11.4 Å². The third kappa shape index (κ3) is 6.50. The molecule has 2 aliphatic heterocycles. The normalized spacial score (nSPS) is 25.4. The summed E-state index contributed by atoms with van der Waals surface area (Å²) < 4.78 is 1.54. The van der Waals surface area contributed by atoms with Gasteiger partial charge in [-0.25, -0.2) is 0 Å². The van der Waals surface area contributed by atoms with Crippen molar-refractivity contribution in [2.45, 2.75) is 182 Å². The van der Waals surface area contributed by atoms with Crippen LogP contribution in [0.3, 0.4) is 0 Å². The Hall–Kier alpha value is -4.80. The summed E-state index contributed by atoms with van der Waals surface area (Å²) in [4.78, 5) is 7.20. The van der Waals surface area contributed by atoms with Crippen LogP contribution in [0.1, 0.15) is 186 Å². The Balaban J connectivity index is 1.18. The molecular weight excluding hydrogens is 876 g/mol. The average molecular weight is 953 g/mol. The van der Waals surface area contributed by atoms with Crippen LogP contribution in [0.15, 0.2) is 96.6 Å². The van der Waals surface area contributed by atoms with E-state index < -0.39 is 0 Å². The van der Waals surface area contributed by atoms with Gasteiger partial charge in [0.1, 0.15) is 0 Å². The molecule has 2 saturated carbocycles. The van der Waals surface area contributed by atoms with Gasteiger partial charge in [0, 0.05) is 43.5 Å². The summed E-state index contributed by atoms with van der Waals surface area (Å²) in [6.07, 6.45) is 13.8. The van der Waals surface area contributed by atoms with Crippen molar-refractivity contribution in [3.05, 3.63) is 140 Å². The number of fused-ring (bicyclic) bond motifs is 13. The van der Waals surface area contributed by atoms with Crippen molar-refractivity contribution < 1.29 is 0 Å². The van der Waals surface area contributed by atoms with Gasteiger partial charge >= 0.3 is 0 Å². The fourth-order valence-electron chi connectivity index (χ4n) is 15.7. The first-order valence-electron chi connectivity index (χ1n) is 27.6. The van der Waals surface area contributed by atoms with Crippen LogP contribution in [-0.2, 0) is 39.9 Å². The van der Waals surface area contributed by atoms with E-state index in [0.29, 0.717) is 11.3 Å². The fraction of sp³-hybridized carbons (Fsp3) is 0.463. The number of rotatable bonds is 4. The predicted octanol–water partition coefficient (Wildman–Crippen LogP) is 16.8. The van der Waals surface area contributed by atoms with Crippen LogP contribution in [0.2, 0.25) is 0 Å². The number of hydrogen-bond acceptors (Lipinski definition) is 3. The number of anilines is 6. The molecule has 5 aromatic carbocycles. The highest BCUT2D eigenvalue weighted by Gasteiger charge is 2.60. The second-order valence-corrected chi connectivity index (χ2v) is 29.1. The summed E-state index contributed by atoms with van der Waals surface area (Å²) in [6.45, 7) is 35.0. The minimum Gasteiger partial charge on any atom is -0.311 e. The van der Waals surface area contributed by atoms with Crippen molar-refractivity contribution in [3.8, 4) is 11.1 Å². The summed E-state index contributed by atoms with van der Waals surface area (Å²) in [6, 6.07) is 37.1. The maximum atomic E-state index is 2.83. The number of allylic oxidation sites excluding steroid dienone is 1. The molecule has 71 heavy (non-hydrogen) atoms. The highest BCUT2D eigenvalue weighted by molar-refractivity contribution is 7.29. The molecule has 3 unspecified atom stereocenters. The first-order chi connectivity index (χ1) is 33.4. The Morgan fingerprint density at radius 1 is 0.620 bits per heavy atom. The van der Waals surface area contributed by atoms with E-state index in [1.807, 2.05) is 0 Å². The van der Waals surface area contributed by atoms with Crippen LogP contribution in [0.5, 0.6) is 0 Å². The predicted molar refractivity (Wildman–Crippen MR) is 308 cm³/mol. The Morgan fingerprint density at radius 2 is 1.25 bits per heavy atom. The SMILES string of the molecule is CCc1ccc(N2c3cc4c(cc3B3c5sc6c(c5N(c5ccc7c(c5)C(C)(C)CCC7(C)C)c5cc(C(C)(C)C)cc2c53)C=C2C(C6)C3(C)CCC2(C)C3)C(C)(C)CCC4(C)C)c(-c2ccccc2)c1. The number of aryl methyl sites for hydroxylation is 1. The Bertz CT molecular complexity index is 3300. The molecule has 2 bridgehead atoms. The molecule has 2 nitrogen and oxygen atoms in total. The highest BCUT2D eigenvalue weighted by atomic mass is 32.1. The standard InChI is InChI=1S/C67H77BN2S/c1-15-40-21-24-53(44(31-40)41-19-17-16-18-20-41)70-54-37-49-48(64(9,10)27-28-65(49,11)12)36-52(54)68-58-55(32-42(33-56(58)70)61(2,3)4)69(43-22-23-46-47(34-43)63(7,8)26-25-62(46,5)6)59-45-35-50-51(38-57(45)71-60(59)68)67(14)30-29-66(50,13)39-67/h16-24,31-37,51H,15,25-30,38-39H2,1-14H3. The zero-order valence-corrected chi connectivity index (χ0v) is 46.4. The van der Waals surface area contributed by atoms with Crippen LogP contribution in [0.25, 0.3) is 17.2 Å². The Morgan fingerprint density at radius 3 is 1.92 bits per heavy atom. The van der Waals surface area contributed by atoms with E-state index in [1.165, 1.54) is 141 Å². The van der Waals surface area contributed by atoms with Crippen LogP contribution >= 0.6 is 11.3 Å². The van der Waals surface area contributed by atoms with E-state index in [-0.39, 0.29) is 39.2 Å². The molecule has 0 saturated heterocycles. The number of nitrogens with zero attached hydrogens (tertiary/aromatic N) is 2. The third-order valence-electron chi connectivity index (χ3n) is 20.4. The summed E-state index contributed by atoms with van der Waals surface area (Å²) in [5, 5.41) is 0. The van der Waals surface area contributed by atoms with Crippen molar-refractivity contribution in [1.29, 1.82) is 0 Å². The topological polar surface area (TPSA) is 6.48 Å². The van der Waals surface area contributed by atoms with Gasteiger partial charge in [-0.05, 0) is 194 Å². The van der Waals surface area contributed by atoms with E-state index in [1.54, 1.807) is 20.8 Å². The number of hydrogen-bond donors (Lipinski definition) is 0. The van der Waals surface area contributed by atoms with Crippen LogP contribution < -0.4 is 25.5 Å². The lowest BCUT2D eigenvalue weighted by Gasteiger charge is -2.48. The van der Waals surface area contributed by atoms with Gasteiger partial charge in [-0.15, -0.1) is 0 Å². The molecule has 364 valence electrons. The lowest BCUT2D eigenvalue weighted by molar-refractivity contribution is 0.246.